The molecule has 150 valence electrons. The van der Waals surface area contributed by atoms with Crippen molar-refractivity contribution in [3.05, 3.63) is 65.7 Å². The Kier molecular flexibility index (Phi) is 6.97. The molecular formula is C22H23N3O3S. The number of carbonyl (C=O) groups excluding carboxylic acids is 2. The molecule has 0 unspecified atom stereocenters. The van der Waals surface area contributed by atoms with Crippen LogP contribution in [0.25, 0.3) is 6.08 Å². The lowest BCUT2D eigenvalue weighted by Gasteiger charge is -2.18. The van der Waals surface area contributed by atoms with Gasteiger partial charge < -0.3 is 15.0 Å². The van der Waals surface area contributed by atoms with E-state index in [1.807, 2.05) is 41.3 Å². The summed E-state index contributed by atoms with van der Waals surface area (Å²) in [5.74, 6) is 0.361. The SMILES string of the molecule is COc1ccc(C=CC(=O)NC(=S)Nc2ccccc2C(=O)N2CCCC2)cc1. The topological polar surface area (TPSA) is 70.7 Å². The molecular weight excluding hydrogens is 386 g/mol. The van der Waals surface area contributed by atoms with Crippen LogP contribution in [0.15, 0.2) is 54.6 Å². The molecule has 0 spiro atoms. The van der Waals surface area contributed by atoms with Crippen molar-refractivity contribution in [2.75, 3.05) is 25.5 Å². The molecule has 2 amide bonds. The Morgan fingerprint density at radius 2 is 1.76 bits per heavy atom. The second kappa shape index (κ2) is 9.84. The molecule has 1 fully saturated rings. The van der Waals surface area contributed by atoms with E-state index in [0.29, 0.717) is 11.3 Å². The lowest BCUT2D eigenvalue weighted by Crippen LogP contribution is -2.34. The van der Waals surface area contributed by atoms with Crippen LogP contribution >= 0.6 is 12.2 Å². The maximum Gasteiger partial charge on any atom is 0.255 e. The van der Waals surface area contributed by atoms with Crippen LogP contribution in [0.5, 0.6) is 5.75 Å². The second-order valence-electron chi connectivity index (χ2n) is 6.59. The molecule has 29 heavy (non-hydrogen) atoms. The van der Waals surface area contributed by atoms with Gasteiger partial charge in [-0.05, 0) is 61.0 Å². The van der Waals surface area contributed by atoms with Crippen LogP contribution < -0.4 is 15.4 Å². The third-order valence-electron chi connectivity index (χ3n) is 4.58. The average molecular weight is 410 g/mol. The van der Waals surface area contributed by atoms with Crippen molar-refractivity contribution in [3.8, 4) is 5.75 Å². The monoisotopic (exact) mass is 409 g/mol. The molecule has 0 aliphatic carbocycles. The normalized spacial score (nSPS) is 13.3. The number of benzene rings is 2. The number of hydrogen-bond donors (Lipinski definition) is 2. The number of carbonyl (C=O) groups is 2. The van der Waals surface area contributed by atoms with Gasteiger partial charge in [-0.15, -0.1) is 0 Å². The summed E-state index contributed by atoms with van der Waals surface area (Å²) >= 11 is 5.24. The fraction of sp³-hybridized carbons (Fsp3) is 0.227. The number of methoxy groups -OCH3 is 1. The summed E-state index contributed by atoms with van der Waals surface area (Å²) in [6, 6.07) is 14.5. The molecule has 1 aliphatic heterocycles. The van der Waals surface area contributed by atoms with Crippen LogP contribution in [0.2, 0.25) is 0 Å². The first-order valence-electron chi connectivity index (χ1n) is 9.39. The summed E-state index contributed by atoms with van der Waals surface area (Å²) in [5, 5.41) is 5.70. The van der Waals surface area contributed by atoms with E-state index in [9.17, 15) is 9.59 Å². The number of likely N-dealkylation sites (tertiary alicyclic amines) is 1. The fourth-order valence-corrected chi connectivity index (χ4v) is 3.27. The summed E-state index contributed by atoms with van der Waals surface area (Å²) in [4.78, 5) is 26.7. The maximum atomic E-state index is 12.7. The van der Waals surface area contributed by atoms with Crippen molar-refractivity contribution in [1.82, 2.24) is 10.2 Å². The number of hydrogen-bond acceptors (Lipinski definition) is 4. The molecule has 0 radical (unpaired) electrons. The van der Waals surface area contributed by atoms with E-state index < -0.39 is 0 Å². The maximum absolute atomic E-state index is 12.7. The smallest absolute Gasteiger partial charge is 0.255 e. The Bertz CT molecular complexity index is 919. The third-order valence-corrected chi connectivity index (χ3v) is 4.78. The number of nitrogens with one attached hydrogen (secondary N) is 2. The van der Waals surface area contributed by atoms with E-state index in [1.165, 1.54) is 6.08 Å². The minimum absolute atomic E-state index is 0.0286. The molecule has 0 bridgehead atoms. The van der Waals surface area contributed by atoms with Crippen LogP contribution in [0, 0.1) is 0 Å². The van der Waals surface area contributed by atoms with Crippen molar-refractivity contribution < 1.29 is 14.3 Å². The van der Waals surface area contributed by atoms with E-state index in [0.717, 1.165) is 37.2 Å². The molecule has 2 aromatic carbocycles. The Labute approximate surface area is 175 Å². The first-order valence-corrected chi connectivity index (χ1v) is 9.80. The van der Waals surface area contributed by atoms with E-state index in [4.69, 9.17) is 17.0 Å². The molecule has 1 aliphatic rings. The quantitative estimate of drug-likeness (QED) is 0.585. The van der Waals surface area contributed by atoms with Crippen LogP contribution in [-0.4, -0.2) is 42.0 Å². The Morgan fingerprint density at radius 1 is 1.07 bits per heavy atom. The van der Waals surface area contributed by atoms with E-state index in [-0.39, 0.29) is 16.9 Å². The van der Waals surface area contributed by atoms with Gasteiger partial charge in [-0.3, -0.25) is 14.9 Å². The van der Waals surface area contributed by atoms with E-state index in [2.05, 4.69) is 10.6 Å². The number of nitrogens with zero attached hydrogens (tertiary/aromatic N) is 1. The van der Waals surface area contributed by atoms with Gasteiger partial charge in [-0.2, -0.15) is 0 Å². The Balaban J connectivity index is 1.59. The van der Waals surface area contributed by atoms with Gasteiger partial charge in [0.2, 0.25) is 5.91 Å². The fourth-order valence-electron chi connectivity index (χ4n) is 3.06. The van der Waals surface area contributed by atoms with Gasteiger partial charge in [-0.1, -0.05) is 24.3 Å². The summed E-state index contributed by atoms with van der Waals surface area (Å²) in [6.07, 6.45) is 5.13. The number of para-hydroxylation sites is 1. The molecule has 2 aromatic rings. The van der Waals surface area contributed by atoms with Gasteiger partial charge in [0.05, 0.1) is 18.4 Å². The van der Waals surface area contributed by atoms with Gasteiger partial charge in [0.1, 0.15) is 5.75 Å². The zero-order chi connectivity index (χ0) is 20.6. The third kappa shape index (κ3) is 5.65. The first-order chi connectivity index (χ1) is 14.1. The summed E-state index contributed by atoms with van der Waals surface area (Å²) < 4.78 is 5.11. The predicted octanol–water partition coefficient (Wildman–Crippen LogP) is 3.46. The molecule has 3 rings (SSSR count). The number of thiocarbonyl (C=S) groups is 1. The predicted molar refractivity (Wildman–Crippen MR) is 118 cm³/mol. The van der Waals surface area contributed by atoms with Crippen molar-refractivity contribution >= 4 is 40.9 Å². The lowest BCUT2D eigenvalue weighted by atomic mass is 10.1. The minimum atomic E-state index is -0.360. The largest absolute Gasteiger partial charge is 0.497 e. The highest BCUT2D eigenvalue weighted by Gasteiger charge is 2.21. The zero-order valence-electron chi connectivity index (χ0n) is 16.2. The van der Waals surface area contributed by atoms with Crippen molar-refractivity contribution in [2.24, 2.45) is 0 Å². The average Bonchev–Trinajstić information content (AvgIpc) is 3.27. The first kappa shape index (κ1) is 20.5. The molecule has 2 N–H and O–H groups in total. The second-order valence-corrected chi connectivity index (χ2v) is 7.00. The number of anilines is 1. The molecule has 0 aromatic heterocycles. The standard InChI is InChI=1S/C22H23N3O3S/c1-28-17-11-8-16(9-12-17)10-13-20(26)24-22(29)23-19-7-3-2-6-18(19)21(27)25-14-4-5-15-25/h2-3,6-13H,4-5,14-15H2,1H3,(H2,23,24,26,29). The summed E-state index contributed by atoms with van der Waals surface area (Å²) in [6.45, 7) is 1.54. The van der Waals surface area contributed by atoms with Crippen molar-refractivity contribution in [1.29, 1.82) is 0 Å². The van der Waals surface area contributed by atoms with Crippen LogP contribution in [0.3, 0.4) is 0 Å². The van der Waals surface area contributed by atoms with Gasteiger partial charge in [0, 0.05) is 19.2 Å². The highest BCUT2D eigenvalue weighted by molar-refractivity contribution is 7.80. The molecule has 1 saturated heterocycles. The lowest BCUT2D eigenvalue weighted by molar-refractivity contribution is -0.115. The van der Waals surface area contributed by atoms with Gasteiger partial charge in [0.15, 0.2) is 5.11 Å². The van der Waals surface area contributed by atoms with Crippen LogP contribution in [-0.2, 0) is 4.79 Å². The summed E-state index contributed by atoms with van der Waals surface area (Å²) in [5.41, 5.74) is 1.98. The highest BCUT2D eigenvalue weighted by Crippen LogP contribution is 2.20. The van der Waals surface area contributed by atoms with Crippen LogP contribution in [0.1, 0.15) is 28.8 Å². The number of amides is 2. The Morgan fingerprint density at radius 3 is 2.45 bits per heavy atom. The molecule has 0 saturated carbocycles. The molecule has 0 atom stereocenters. The molecule has 1 heterocycles. The van der Waals surface area contributed by atoms with Crippen molar-refractivity contribution in [3.63, 3.8) is 0 Å². The van der Waals surface area contributed by atoms with E-state index >= 15 is 0 Å². The summed E-state index contributed by atoms with van der Waals surface area (Å²) in [7, 11) is 1.60. The zero-order valence-corrected chi connectivity index (χ0v) is 17.0. The van der Waals surface area contributed by atoms with Gasteiger partial charge >= 0.3 is 0 Å². The number of rotatable bonds is 5. The van der Waals surface area contributed by atoms with Crippen molar-refractivity contribution in [2.45, 2.75) is 12.8 Å². The molecule has 7 heteroatoms. The van der Waals surface area contributed by atoms with Crippen LogP contribution in [0.4, 0.5) is 5.69 Å². The van der Waals surface area contributed by atoms with Gasteiger partial charge in [-0.25, -0.2) is 0 Å². The number of ether oxygens (including phenoxy) is 1. The minimum Gasteiger partial charge on any atom is -0.497 e. The highest BCUT2D eigenvalue weighted by atomic mass is 32.1. The van der Waals surface area contributed by atoms with Gasteiger partial charge in [0.25, 0.3) is 5.91 Å². The molecule has 6 nitrogen and oxygen atoms in total. The Hall–Kier alpha value is -3.19. The van der Waals surface area contributed by atoms with E-state index in [1.54, 1.807) is 25.3 Å².